The first-order valence-electron chi connectivity index (χ1n) is 6.01. The van der Waals surface area contributed by atoms with Crippen LogP contribution in [-0.4, -0.2) is 36.8 Å². The largest absolute Gasteiger partial charge is 0.481 e. The molecule has 1 amide bonds. The Balaban J connectivity index is 1.74. The van der Waals surface area contributed by atoms with E-state index in [1.54, 1.807) is 0 Å². The van der Waals surface area contributed by atoms with Gasteiger partial charge in [0.15, 0.2) is 0 Å². The number of nitrogens with one attached hydrogen (secondary N) is 2. The summed E-state index contributed by atoms with van der Waals surface area (Å²) in [4.78, 5) is 22.5. The molecule has 0 aromatic heterocycles. The molecular formula is C13H16N2O4. The quantitative estimate of drug-likeness (QED) is 0.724. The molecule has 1 aliphatic rings. The van der Waals surface area contributed by atoms with Crippen molar-refractivity contribution in [3.8, 4) is 0 Å². The van der Waals surface area contributed by atoms with Gasteiger partial charge in [-0.15, -0.1) is 0 Å². The van der Waals surface area contributed by atoms with Crippen molar-refractivity contribution in [2.75, 3.05) is 19.6 Å². The van der Waals surface area contributed by atoms with Crippen molar-refractivity contribution < 1.29 is 19.4 Å². The molecule has 1 fully saturated rings. The lowest BCUT2D eigenvalue weighted by molar-refractivity contribution is -0.151. The fourth-order valence-corrected chi connectivity index (χ4v) is 1.79. The Hall–Kier alpha value is -2.08. The van der Waals surface area contributed by atoms with E-state index in [4.69, 9.17) is 9.84 Å². The average molecular weight is 264 g/mol. The number of hydrogen-bond acceptors (Lipinski definition) is 4. The van der Waals surface area contributed by atoms with Gasteiger partial charge in [0.1, 0.15) is 12.0 Å². The van der Waals surface area contributed by atoms with Gasteiger partial charge in [-0.1, -0.05) is 30.3 Å². The first kappa shape index (κ1) is 13.4. The van der Waals surface area contributed by atoms with Crippen LogP contribution in [0.4, 0.5) is 4.79 Å². The maximum absolute atomic E-state index is 11.5. The van der Waals surface area contributed by atoms with Gasteiger partial charge in [-0.2, -0.15) is 0 Å². The minimum Gasteiger partial charge on any atom is -0.481 e. The average Bonchev–Trinajstić information content (AvgIpc) is 2.36. The molecule has 1 aromatic rings. The summed E-state index contributed by atoms with van der Waals surface area (Å²) in [6.45, 7) is 0.969. The van der Waals surface area contributed by atoms with E-state index >= 15 is 0 Å². The van der Waals surface area contributed by atoms with Gasteiger partial charge >= 0.3 is 12.1 Å². The number of carbonyl (C=O) groups excluding carboxylic acids is 1. The van der Waals surface area contributed by atoms with Crippen LogP contribution in [0.5, 0.6) is 0 Å². The van der Waals surface area contributed by atoms with Crippen LogP contribution >= 0.6 is 0 Å². The van der Waals surface area contributed by atoms with Gasteiger partial charge < -0.3 is 20.5 Å². The topological polar surface area (TPSA) is 87.7 Å². The van der Waals surface area contributed by atoms with Crippen LogP contribution in [0.3, 0.4) is 0 Å². The van der Waals surface area contributed by atoms with E-state index in [0.717, 1.165) is 5.56 Å². The van der Waals surface area contributed by atoms with Gasteiger partial charge in [-0.25, -0.2) is 4.79 Å². The lowest BCUT2D eigenvalue weighted by Crippen LogP contribution is -2.63. The zero-order chi connectivity index (χ0) is 13.7. The Labute approximate surface area is 110 Å². The van der Waals surface area contributed by atoms with E-state index in [9.17, 15) is 9.59 Å². The summed E-state index contributed by atoms with van der Waals surface area (Å²) in [6, 6.07) is 9.29. The molecule has 3 N–H and O–H groups in total. The molecular weight excluding hydrogens is 248 g/mol. The molecule has 0 bridgehead atoms. The number of alkyl carbamates (subject to hydrolysis) is 1. The van der Waals surface area contributed by atoms with Crippen molar-refractivity contribution >= 4 is 12.1 Å². The van der Waals surface area contributed by atoms with Gasteiger partial charge in [0, 0.05) is 19.6 Å². The second kappa shape index (κ2) is 5.71. The van der Waals surface area contributed by atoms with Crippen molar-refractivity contribution in [1.29, 1.82) is 0 Å². The first-order valence-corrected chi connectivity index (χ1v) is 6.01. The van der Waals surface area contributed by atoms with Gasteiger partial charge in [0.2, 0.25) is 0 Å². The van der Waals surface area contributed by atoms with Crippen LogP contribution in [0.2, 0.25) is 0 Å². The molecule has 1 aliphatic heterocycles. The van der Waals surface area contributed by atoms with Crippen LogP contribution in [0.25, 0.3) is 0 Å². The number of ether oxygens (including phenoxy) is 1. The number of carbonyl (C=O) groups is 2. The van der Waals surface area contributed by atoms with Crippen molar-refractivity contribution in [3.63, 3.8) is 0 Å². The van der Waals surface area contributed by atoms with Crippen LogP contribution < -0.4 is 10.6 Å². The molecule has 1 saturated heterocycles. The molecule has 0 saturated carbocycles. The molecule has 0 spiro atoms. The highest BCUT2D eigenvalue weighted by molar-refractivity contribution is 5.78. The van der Waals surface area contributed by atoms with E-state index in [1.165, 1.54) is 0 Å². The number of rotatable bonds is 5. The summed E-state index contributed by atoms with van der Waals surface area (Å²) in [5.74, 6) is -0.908. The summed E-state index contributed by atoms with van der Waals surface area (Å²) in [7, 11) is 0. The summed E-state index contributed by atoms with van der Waals surface area (Å²) in [5, 5.41) is 14.5. The predicted octanol–water partition coefficient (Wildman–Crippen LogP) is 0.587. The fraction of sp³-hybridized carbons (Fsp3) is 0.385. The highest BCUT2D eigenvalue weighted by Gasteiger charge is 2.44. The second-order valence-corrected chi connectivity index (χ2v) is 4.60. The molecule has 102 valence electrons. The lowest BCUT2D eigenvalue weighted by atomic mass is 9.82. The Bertz CT molecular complexity index is 457. The van der Waals surface area contributed by atoms with Gasteiger partial charge in [-0.3, -0.25) is 4.79 Å². The third-order valence-electron chi connectivity index (χ3n) is 3.16. The van der Waals surface area contributed by atoms with Gasteiger partial charge in [0.05, 0.1) is 0 Å². The lowest BCUT2D eigenvalue weighted by Gasteiger charge is -2.38. The standard InChI is InChI=1S/C13H16N2O4/c16-11(17)13(7-14-8-13)9-15-12(18)19-6-10-4-2-1-3-5-10/h1-5,14H,6-9H2,(H,15,18)(H,16,17). The number of benzene rings is 1. The molecule has 6 heteroatoms. The van der Waals surface area contributed by atoms with Gasteiger partial charge in [0.25, 0.3) is 0 Å². The molecule has 19 heavy (non-hydrogen) atoms. The van der Waals surface area contributed by atoms with E-state index in [1.807, 2.05) is 30.3 Å². The summed E-state index contributed by atoms with van der Waals surface area (Å²) in [6.07, 6.45) is -0.601. The molecule has 2 rings (SSSR count). The van der Waals surface area contributed by atoms with E-state index in [2.05, 4.69) is 10.6 Å². The minimum atomic E-state index is -0.908. The number of carboxylic acid groups (broad SMARTS) is 1. The highest BCUT2D eigenvalue weighted by Crippen LogP contribution is 2.21. The van der Waals surface area contributed by atoms with Crippen LogP contribution in [0.1, 0.15) is 5.56 Å². The SMILES string of the molecule is O=C(NCC1(C(=O)O)CNC1)OCc1ccccc1. The molecule has 0 radical (unpaired) electrons. The van der Waals surface area contributed by atoms with Crippen molar-refractivity contribution in [2.24, 2.45) is 5.41 Å². The Morgan fingerprint density at radius 3 is 2.53 bits per heavy atom. The number of carboxylic acids is 1. The highest BCUT2D eigenvalue weighted by atomic mass is 16.5. The van der Waals surface area contributed by atoms with Crippen LogP contribution in [0, 0.1) is 5.41 Å². The monoisotopic (exact) mass is 264 g/mol. The van der Waals surface area contributed by atoms with E-state index in [0.29, 0.717) is 13.1 Å². The van der Waals surface area contributed by atoms with Crippen molar-refractivity contribution in [2.45, 2.75) is 6.61 Å². The van der Waals surface area contributed by atoms with E-state index in [-0.39, 0.29) is 13.2 Å². The van der Waals surface area contributed by atoms with Crippen molar-refractivity contribution in [1.82, 2.24) is 10.6 Å². The Kier molecular flexibility index (Phi) is 4.01. The molecule has 1 heterocycles. The summed E-state index contributed by atoms with van der Waals surface area (Å²) < 4.78 is 5.01. The zero-order valence-electron chi connectivity index (χ0n) is 10.4. The second-order valence-electron chi connectivity index (χ2n) is 4.60. The maximum atomic E-state index is 11.5. The molecule has 0 unspecified atom stereocenters. The number of hydrogen-bond donors (Lipinski definition) is 3. The number of aliphatic carboxylic acids is 1. The normalized spacial score (nSPS) is 16.2. The minimum absolute atomic E-state index is 0.0724. The fourth-order valence-electron chi connectivity index (χ4n) is 1.79. The molecule has 1 aromatic carbocycles. The molecule has 0 atom stereocenters. The third-order valence-corrected chi connectivity index (χ3v) is 3.16. The summed E-state index contributed by atoms with van der Waals surface area (Å²) >= 11 is 0. The van der Waals surface area contributed by atoms with Crippen LogP contribution in [0.15, 0.2) is 30.3 Å². The number of amides is 1. The Morgan fingerprint density at radius 1 is 1.32 bits per heavy atom. The van der Waals surface area contributed by atoms with Gasteiger partial charge in [-0.05, 0) is 5.56 Å². The zero-order valence-corrected chi connectivity index (χ0v) is 10.4. The molecule has 0 aliphatic carbocycles. The maximum Gasteiger partial charge on any atom is 0.407 e. The smallest absolute Gasteiger partial charge is 0.407 e. The van der Waals surface area contributed by atoms with E-state index < -0.39 is 17.5 Å². The molecule has 6 nitrogen and oxygen atoms in total. The van der Waals surface area contributed by atoms with Crippen molar-refractivity contribution in [3.05, 3.63) is 35.9 Å². The third kappa shape index (κ3) is 3.23. The Morgan fingerprint density at radius 2 is 2.00 bits per heavy atom. The van der Waals surface area contributed by atoms with Crippen LogP contribution in [-0.2, 0) is 16.1 Å². The summed E-state index contributed by atoms with van der Waals surface area (Å²) in [5.41, 5.74) is -0.0120. The first-order chi connectivity index (χ1) is 9.12. The predicted molar refractivity (Wildman–Crippen MR) is 67.6 cm³/mol.